The number of amides is 1. The van der Waals surface area contributed by atoms with Crippen molar-refractivity contribution >= 4 is 16.8 Å². The van der Waals surface area contributed by atoms with Gasteiger partial charge in [0.15, 0.2) is 0 Å². The first-order chi connectivity index (χ1) is 12.4. The van der Waals surface area contributed by atoms with Crippen molar-refractivity contribution in [2.75, 3.05) is 7.05 Å². The van der Waals surface area contributed by atoms with Crippen LogP contribution in [0.25, 0.3) is 10.9 Å². The zero-order valence-corrected chi connectivity index (χ0v) is 14.3. The molecule has 3 aromatic rings. The molecule has 1 atom stereocenters. The Morgan fingerprint density at radius 1 is 1.15 bits per heavy atom. The minimum atomic E-state index is -0.480. The molecule has 1 heterocycles. The van der Waals surface area contributed by atoms with Crippen LogP contribution >= 0.6 is 0 Å². The Balaban J connectivity index is 1.82. The molecule has 0 radical (unpaired) electrons. The van der Waals surface area contributed by atoms with E-state index in [4.69, 9.17) is 0 Å². The molecule has 0 spiro atoms. The number of hydrogen-bond donors (Lipinski definition) is 0. The van der Waals surface area contributed by atoms with Crippen LogP contribution in [0.2, 0.25) is 0 Å². The lowest BCUT2D eigenvalue weighted by molar-refractivity contribution is -0.132. The molecule has 3 rings (SSSR count). The van der Waals surface area contributed by atoms with Crippen LogP contribution in [-0.2, 0) is 11.3 Å². The molecule has 0 aliphatic rings. The fourth-order valence-corrected chi connectivity index (χ4v) is 2.68. The van der Waals surface area contributed by atoms with Gasteiger partial charge in [0.05, 0.1) is 23.3 Å². The van der Waals surface area contributed by atoms with Crippen molar-refractivity contribution < 1.29 is 13.6 Å². The van der Waals surface area contributed by atoms with Crippen molar-refractivity contribution in [1.29, 1.82) is 0 Å². The topological polar surface area (TPSA) is 55.2 Å². The number of benzene rings is 2. The Hall–Kier alpha value is -3.09. The van der Waals surface area contributed by atoms with Gasteiger partial charge in [-0.15, -0.1) is 0 Å². The third-order valence-corrected chi connectivity index (χ3v) is 4.42. The fourth-order valence-electron chi connectivity index (χ4n) is 2.68. The SMILES string of the molecule is CC(c1ccc(F)cc1)N(C)C(=O)Cn1cnc2cc(F)ccc2c1=O. The molecule has 0 bridgehead atoms. The minimum absolute atomic E-state index is 0.193. The molecule has 0 saturated carbocycles. The molecule has 1 amide bonds. The largest absolute Gasteiger partial charge is 0.337 e. The second-order valence-corrected chi connectivity index (χ2v) is 6.07. The van der Waals surface area contributed by atoms with E-state index in [9.17, 15) is 18.4 Å². The van der Waals surface area contributed by atoms with Gasteiger partial charge < -0.3 is 4.90 Å². The third-order valence-electron chi connectivity index (χ3n) is 4.42. The first-order valence-corrected chi connectivity index (χ1v) is 8.02. The summed E-state index contributed by atoms with van der Waals surface area (Å²) in [7, 11) is 1.62. The molecule has 0 saturated heterocycles. The van der Waals surface area contributed by atoms with E-state index in [0.29, 0.717) is 0 Å². The maximum atomic E-state index is 13.2. The predicted molar refractivity (Wildman–Crippen MR) is 93.5 cm³/mol. The Morgan fingerprint density at radius 3 is 2.50 bits per heavy atom. The molecular formula is C19H17F2N3O2. The molecule has 26 heavy (non-hydrogen) atoms. The molecule has 0 N–H and O–H groups in total. The molecule has 2 aromatic carbocycles. The standard InChI is InChI=1S/C19H17F2N3O2/c1-12(13-3-5-14(20)6-4-13)23(2)18(25)10-24-11-22-17-9-15(21)7-8-16(17)19(24)26/h3-9,11-12H,10H2,1-2H3. The Morgan fingerprint density at radius 2 is 1.81 bits per heavy atom. The number of hydrogen-bond acceptors (Lipinski definition) is 3. The average molecular weight is 357 g/mol. The summed E-state index contributed by atoms with van der Waals surface area (Å²) in [6, 6.07) is 9.31. The molecule has 7 heteroatoms. The van der Waals surface area contributed by atoms with Crippen LogP contribution in [0.5, 0.6) is 0 Å². The number of likely N-dealkylation sites (N-methyl/N-ethyl adjacent to an activating group) is 1. The Bertz CT molecular complexity index is 1020. The first-order valence-electron chi connectivity index (χ1n) is 8.02. The van der Waals surface area contributed by atoms with Gasteiger partial charge in [0, 0.05) is 13.1 Å². The van der Waals surface area contributed by atoms with E-state index in [0.717, 1.165) is 5.56 Å². The van der Waals surface area contributed by atoms with Crippen LogP contribution < -0.4 is 5.56 Å². The van der Waals surface area contributed by atoms with Gasteiger partial charge in [-0.1, -0.05) is 12.1 Å². The summed E-state index contributed by atoms with van der Waals surface area (Å²) in [5.41, 5.74) is 0.611. The van der Waals surface area contributed by atoms with E-state index in [2.05, 4.69) is 4.98 Å². The highest BCUT2D eigenvalue weighted by Crippen LogP contribution is 2.19. The predicted octanol–water partition coefficient (Wildman–Crippen LogP) is 2.89. The number of aromatic nitrogens is 2. The average Bonchev–Trinajstić information content (AvgIpc) is 2.63. The van der Waals surface area contributed by atoms with Gasteiger partial charge in [-0.05, 0) is 36.8 Å². The molecule has 1 unspecified atom stereocenters. The van der Waals surface area contributed by atoms with E-state index in [1.807, 2.05) is 6.92 Å². The maximum Gasteiger partial charge on any atom is 0.261 e. The zero-order valence-electron chi connectivity index (χ0n) is 14.3. The van der Waals surface area contributed by atoms with Crippen molar-refractivity contribution in [3.63, 3.8) is 0 Å². The van der Waals surface area contributed by atoms with Crippen LogP contribution in [0.4, 0.5) is 8.78 Å². The molecule has 134 valence electrons. The summed E-state index contributed by atoms with van der Waals surface area (Å²) in [5, 5.41) is 0.246. The first kappa shape index (κ1) is 17.7. The number of rotatable bonds is 4. The Kier molecular flexibility index (Phi) is 4.79. The Labute approximate surface area is 148 Å². The number of fused-ring (bicyclic) bond motifs is 1. The van der Waals surface area contributed by atoms with Gasteiger partial charge in [-0.3, -0.25) is 14.2 Å². The second-order valence-electron chi connectivity index (χ2n) is 6.07. The summed E-state index contributed by atoms with van der Waals surface area (Å²) in [6.45, 7) is 1.62. The van der Waals surface area contributed by atoms with Gasteiger partial charge in [0.25, 0.3) is 5.56 Å². The monoisotopic (exact) mass is 357 g/mol. The molecule has 5 nitrogen and oxygen atoms in total. The van der Waals surface area contributed by atoms with E-state index < -0.39 is 11.4 Å². The highest BCUT2D eigenvalue weighted by molar-refractivity contribution is 5.79. The summed E-state index contributed by atoms with van der Waals surface area (Å²) in [6.07, 6.45) is 1.23. The van der Waals surface area contributed by atoms with Crippen LogP contribution in [0.15, 0.2) is 53.6 Å². The summed E-state index contributed by atoms with van der Waals surface area (Å²) >= 11 is 0. The number of nitrogens with zero attached hydrogens (tertiary/aromatic N) is 3. The number of halogens is 2. The summed E-state index contributed by atoms with van der Waals surface area (Å²) in [4.78, 5) is 30.5. The van der Waals surface area contributed by atoms with Gasteiger partial charge in [-0.25, -0.2) is 13.8 Å². The number of carbonyl (C=O) groups is 1. The van der Waals surface area contributed by atoms with E-state index in [1.54, 1.807) is 19.2 Å². The van der Waals surface area contributed by atoms with E-state index in [1.165, 1.54) is 46.1 Å². The van der Waals surface area contributed by atoms with Gasteiger partial charge in [-0.2, -0.15) is 0 Å². The van der Waals surface area contributed by atoms with Crippen LogP contribution in [0.1, 0.15) is 18.5 Å². The van der Waals surface area contributed by atoms with Crippen molar-refractivity contribution in [2.45, 2.75) is 19.5 Å². The maximum absolute atomic E-state index is 13.2. The quantitative estimate of drug-likeness (QED) is 0.721. The van der Waals surface area contributed by atoms with Crippen molar-refractivity contribution in [3.05, 3.63) is 76.3 Å². The zero-order chi connectivity index (χ0) is 18.8. The minimum Gasteiger partial charge on any atom is -0.337 e. The molecular weight excluding hydrogens is 340 g/mol. The normalized spacial score (nSPS) is 12.2. The van der Waals surface area contributed by atoms with Gasteiger partial charge >= 0.3 is 0 Å². The summed E-state index contributed by atoms with van der Waals surface area (Å²) in [5.74, 6) is -1.13. The van der Waals surface area contributed by atoms with Crippen LogP contribution in [-0.4, -0.2) is 27.4 Å². The van der Waals surface area contributed by atoms with Gasteiger partial charge in [0.2, 0.25) is 5.91 Å². The van der Waals surface area contributed by atoms with Crippen LogP contribution in [0.3, 0.4) is 0 Å². The molecule has 0 aliphatic carbocycles. The lowest BCUT2D eigenvalue weighted by Gasteiger charge is -2.25. The van der Waals surface area contributed by atoms with E-state index >= 15 is 0 Å². The highest BCUT2D eigenvalue weighted by Gasteiger charge is 2.18. The lowest BCUT2D eigenvalue weighted by atomic mass is 10.1. The molecule has 0 fully saturated rings. The lowest BCUT2D eigenvalue weighted by Crippen LogP contribution is -2.35. The molecule has 0 aliphatic heterocycles. The second kappa shape index (κ2) is 7.03. The van der Waals surface area contributed by atoms with Crippen molar-refractivity contribution in [1.82, 2.24) is 14.5 Å². The van der Waals surface area contributed by atoms with Gasteiger partial charge in [0.1, 0.15) is 18.2 Å². The summed E-state index contributed by atoms with van der Waals surface area (Å²) < 4.78 is 27.5. The smallest absolute Gasteiger partial charge is 0.261 e. The molecule has 1 aromatic heterocycles. The number of carbonyl (C=O) groups excluding carboxylic acids is 1. The van der Waals surface area contributed by atoms with Crippen molar-refractivity contribution in [2.24, 2.45) is 0 Å². The van der Waals surface area contributed by atoms with Crippen molar-refractivity contribution in [3.8, 4) is 0 Å². The van der Waals surface area contributed by atoms with E-state index in [-0.39, 0.29) is 35.2 Å². The third kappa shape index (κ3) is 3.46. The van der Waals surface area contributed by atoms with Crippen LogP contribution in [0, 0.1) is 11.6 Å². The highest BCUT2D eigenvalue weighted by atomic mass is 19.1. The fraction of sp³-hybridized carbons (Fsp3) is 0.211.